The van der Waals surface area contributed by atoms with Gasteiger partial charge in [0.2, 0.25) is 0 Å². The molecule has 4 nitrogen and oxygen atoms in total. The molecule has 3 rings (SSSR count). The van der Waals surface area contributed by atoms with E-state index in [2.05, 4.69) is 34.6 Å². The van der Waals surface area contributed by atoms with E-state index < -0.39 is 0 Å². The van der Waals surface area contributed by atoms with Gasteiger partial charge in [-0.05, 0) is 30.2 Å². The van der Waals surface area contributed by atoms with Crippen LogP contribution in [0.15, 0.2) is 29.6 Å². The summed E-state index contributed by atoms with van der Waals surface area (Å²) in [5.41, 5.74) is 3.72. The van der Waals surface area contributed by atoms with Crippen LogP contribution in [0.25, 0.3) is 0 Å². The highest BCUT2D eigenvalue weighted by Gasteiger charge is 2.21. The Bertz CT molecular complexity index is 686. The summed E-state index contributed by atoms with van der Waals surface area (Å²) in [4.78, 5) is 18.4. The number of amides is 2. The maximum atomic E-state index is 12.3. The Hall–Kier alpha value is -1.53. The third-order valence-electron chi connectivity index (χ3n) is 3.94. The van der Waals surface area contributed by atoms with Gasteiger partial charge in [0.1, 0.15) is 0 Å². The number of hydrogen-bond acceptors (Lipinski definition) is 4. The summed E-state index contributed by atoms with van der Waals surface area (Å²) < 4.78 is 0. The third kappa shape index (κ3) is 4.06. The Balaban J connectivity index is 1.55. The molecule has 1 N–H and O–H groups in total. The van der Waals surface area contributed by atoms with Gasteiger partial charge < -0.3 is 10.2 Å². The quantitative estimate of drug-likeness (QED) is 0.919. The van der Waals surface area contributed by atoms with Crippen LogP contribution in [0.3, 0.4) is 0 Å². The molecule has 1 atom stereocenters. The van der Waals surface area contributed by atoms with Gasteiger partial charge in [-0.15, -0.1) is 11.3 Å². The number of carbonyl (C=O) groups excluding carboxylic acids is 1. The van der Waals surface area contributed by atoms with Gasteiger partial charge in [0.15, 0.2) is 0 Å². The molecule has 6 heteroatoms. The summed E-state index contributed by atoms with van der Waals surface area (Å²) in [6.07, 6.45) is 1.12. The number of nitrogens with zero attached hydrogens (tertiary/aromatic N) is 2. The highest BCUT2D eigenvalue weighted by molar-refractivity contribution is 7.99. The number of carbonyl (C=O) groups is 1. The number of thiazole rings is 1. The predicted octanol–water partition coefficient (Wildman–Crippen LogP) is 3.62. The molecule has 0 spiro atoms. The average molecular weight is 348 g/mol. The molecule has 0 saturated carbocycles. The number of nitrogens with one attached hydrogen (secondary N) is 1. The molecule has 1 aliphatic rings. The first-order valence-electron chi connectivity index (χ1n) is 7.73. The normalized spacial score (nSPS) is 16.7. The predicted molar refractivity (Wildman–Crippen MR) is 97.1 cm³/mol. The van der Waals surface area contributed by atoms with Gasteiger partial charge >= 0.3 is 6.03 Å². The summed E-state index contributed by atoms with van der Waals surface area (Å²) in [6.45, 7) is 3.19. The van der Waals surface area contributed by atoms with Crippen LogP contribution in [0, 0.1) is 6.92 Å². The number of hydrogen-bond donors (Lipinski definition) is 1. The van der Waals surface area contributed by atoms with Gasteiger partial charge in [-0.1, -0.05) is 24.3 Å². The van der Waals surface area contributed by atoms with Crippen LogP contribution < -0.4 is 5.32 Å². The van der Waals surface area contributed by atoms with Crippen LogP contribution in [-0.4, -0.2) is 35.3 Å². The van der Waals surface area contributed by atoms with Gasteiger partial charge in [-0.3, -0.25) is 0 Å². The first-order valence-corrected chi connectivity index (χ1v) is 9.65. The highest BCUT2D eigenvalue weighted by atomic mass is 32.2. The number of aryl methyl sites for hydroxylation is 2. The third-order valence-corrected chi connectivity index (χ3v) is 6.03. The smallest absolute Gasteiger partial charge is 0.317 e. The van der Waals surface area contributed by atoms with Crippen LogP contribution in [0.5, 0.6) is 0 Å². The zero-order valence-corrected chi connectivity index (χ0v) is 15.0. The van der Waals surface area contributed by atoms with Crippen LogP contribution in [0.1, 0.15) is 27.1 Å². The van der Waals surface area contributed by atoms with Gasteiger partial charge in [0.05, 0.1) is 17.2 Å². The average Bonchev–Trinajstić information content (AvgIpc) is 2.97. The monoisotopic (exact) mass is 347 g/mol. The van der Waals surface area contributed by atoms with E-state index in [9.17, 15) is 4.79 Å². The SMILES string of the molecule is Cc1nc(CN(C)C(=O)NCC2SCCc3ccccc32)cs1. The number of thioether (sulfide) groups is 1. The molecular weight excluding hydrogens is 326 g/mol. The van der Waals surface area contributed by atoms with Crippen molar-refractivity contribution in [3.05, 3.63) is 51.5 Å². The second-order valence-electron chi connectivity index (χ2n) is 5.71. The van der Waals surface area contributed by atoms with Crippen molar-refractivity contribution in [2.24, 2.45) is 0 Å². The van der Waals surface area contributed by atoms with Crippen molar-refractivity contribution >= 4 is 29.1 Å². The minimum Gasteiger partial charge on any atom is -0.337 e. The molecule has 2 amide bonds. The molecule has 23 heavy (non-hydrogen) atoms. The molecule has 1 aromatic heterocycles. The lowest BCUT2D eigenvalue weighted by atomic mass is 10.0. The van der Waals surface area contributed by atoms with Gasteiger partial charge in [0.25, 0.3) is 0 Å². The van der Waals surface area contributed by atoms with Crippen LogP contribution in [0.4, 0.5) is 4.79 Å². The van der Waals surface area contributed by atoms with E-state index in [0.717, 1.165) is 22.9 Å². The van der Waals surface area contributed by atoms with Crippen molar-refractivity contribution in [2.75, 3.05) is 19.3 Å². The Morgan fingerprint density at radius 1 is 1.43 bits per heavy atom. The van der Waals surface area contributed by atoms with Crippen molar-refractivity contribution in [3.8, 4) is 0 Å². The second-order valence-corrected chi connectivity index (χ2v) is 8.08. The van der Waals surface area contributed by atoms with Crippen molar-refractivity contribution in [1.82, 2.24) is 15.2 Å². The minimum atomic E-state index is -0.0423. The van der Waals surface area contributed by atoms with E-state index in [1.54, 1.807) is 16.2 Å². The molecule has 0 aliphatic carbocycles. The summed E-state index contributed by atoms with van der Waals surface area (Å²) >= 11 is 3.54. The molecule has 0 fully saturated rings. The summed E-state index contributed by atoms with van der Waals surface area (Å²) in [5.74, 6) is 1.12. The first-order chi connectivity index (χ1) is 11.1. The molecule has 1 unspecified atom stereocenters. The molecule has 122 valence electrons. The highest BCUT2D eigenvalue weighted by Crippen LogP contribution is 2.35. The maximum Gasteiger partial charge on any atom is 0.317 e. The standard InChI is InChI=1S/C17H21N3OS2/c1-12-19-14(11-23-12)10-20(2)17(21)18-9-16-15-6-4-3-5-13(15)7-8-22-16/h3-6,11,16H,7-10H2,1-2H3,(H,18,21). The molecule has 0 saturated heterocycles. The minimum absolute atomic E-state index is 0.0423. The molecular formula is C17H21N3OS2. The fourth-order valence-electron chi connectivity index (χ4n) is 2.76. The largest absolute Gasteiger partial charge is 0.337 e. The molecule has 2 heterocycles. The van der Waals surface area contributed by atoms with Crippen molar-refractivity contribution in [3.63, 3.8) is 0 Å². The Labute approximate surface area is 145 Å². The fourth-order valence-corrected chi connectivity index (χ4v) is 4.59. The molecule has 0 bridgehead atoms. The van der Waals surface area contributed by atoms with Crippen molar-refractivity contribution < 1.29 is 4.79 Å². The Morgan fingerprint density at radius 2 is 2.26 bits per heavy atom. The molecule has 1 aliphatic heterocycles. The van der Waals surface area contributed by atoms with E-state index in [-0.39, 0.29) is 6.03 Å². The van der Waals surface area contributed by atoms with E-state index in [4.69, 9.17) is 0 Å². The number of aromatic nitrogens is 1. The van der Waals surface area contributed by atoms with Gasteiger partial charge in [-0.2, -0.15) is 11.8 Å². The van der Waals surface area contributed by atoms with E-state index in [0.29, 0.717) is 18.3 Å². The molecule has 2 aromatic rings. The number of urea groups is 1. The maximum absolute atomic E-state index is 12.3. The van der Waals surface area contributed by atoms with E-state index in [1.807, 2.05) is 31.1 Å². The lowest BCUT2D eigenvalue weighted by Gasteiger charge is -2.26. The second kappa shape index (κ2) is 7.36. The van der Waals surface area contributed by atoms with Gasteiger partial charge in [-0.25, -0.2) is 9.78 Å². The number of rotatable bonds is 4. The lowest BCUT2D eigenvalue weighted by Crippen LogP contribution is -2.39. The van der Waals surface area contributed by atoms with Crippen LogP contribution in [-0.2, 0) is 13.0 Å². The van der Waals surface area contributed by atoms with Gasteiger partial charge in [0, 0.05) is 24.2 Å². The summed E-state index contributed by atoms with van der Waals surface area (Å²) in [5, 5.41) is 6.45. The summed E-state index contributed by atoms with van der Waals surface area (Å²) in [6, 6.07) is 8.50. The fraction of sp³-hybridized carbons (Fsp3) is 0.412. The first kappa shape index (κ1) is 16.3. The molecule has 0 radical (unpaired) electrons. The van der Waals surface area contributed by atoms with Crippen molar-refractivity contribution in [1.29, 1.82) is 0 Å². The van der Waals surface area contributed by atoms with E-state index in [1.165, 1.54) is 11.1 Å². The van der Waals surface area contributed by atoms with Crippen LogP contribution >= 0.6 is 23.1 Å². The molecule has 1 aromatic carbocycles. The summed E-state index contributed by atoms with van der Waals surface area (Å²) in [7, 11) is 1.81. The lowest BCUT2D eigenvalue weighted by molar-refractivity contribution is 0.206. The van der Waals surface area contributed by atoms with E-state index >= 15 is 0 Å². The zero-order valence-electron chi connectivity index (χ0n) is 13.4. The van der Waals surface area contributed by atoms with Crippen molar-refractivity contribution in [2.45, 2.75) is 25.1 Å². The number of fused-ring (bicyclic) bond motifs is 1. The Kier molecular flexibility index (Phi) is 5.23. The topological polar surface area (TPSA) is 45.2 Å². The number of benzene rings is 1. The zero-order chi connectivity index (χ0) is 16.2. The van der Waals surface area contributed by atoms with Crippen LogP contribution in [0.2, 0.25) is 0 Å². The Morgan fingerprint density at radius 3 is 3.04 bits per heavy atom.